The largest absolute Gasteiger partial charge is 0.330 e. The van der Waals surface area contributed by atoms with E-state index in [1.54, 1.807) is 6.92 Å². The highest BCUT2D eigenvalue weighted by Gasteiger charge is 2.38. The molecule has 1 saturated heterocycles. The Morgan fingerprint density at radius 3 is 2.36 bits per heavy atom. The van der Waals surface area contributed by atoms with Gasteiger partial charge in [0.15, 0.2) is 0 Å². The van der Waals surface area contributed by atoms with Crippen LogP contribution >= 0.6 is 11.8 Å². The lowest BCUT2D eigenvalue weighted by atomic mass is 10.0. The second kappa shape index (κ2) is 2.70. The fourth-order valence-electron chi connectivity index (χ4n) is 1.21. The van der Waals surface area contributed by atoms with Crippen LogP contribution in [0.3, 0.4) is 0 Å². The van der Waals surface area contributed by atoms with Crippen molar-refractivity contribution in [2.24, 2.45) is 0 Å². The van der Waals surface area contributed by atoms with Crippen LogP contribution in [0.1, 0.15) is 27.7 Å². The molecule has 1 fully saturated rings. The summed E-state index contributed by atoms with van der Waals surface area (Å²) in [6, 6.07) is 0.366. The maximum Gasteiger partial charge on any atom is 0.220 e. The van der Waals surface area contributed by atoms with E-state index in [0.29, 0.717) is 6.04 Å². The summed E-state index contributed by atoms with van der Waals surface area (Å²) in [5.74, 6) is 1.04. The van der Waals surface area contributed by atoms with Gasteiger partial charge >= 0.3 is 0 Å². The molecule has 1 aliphatic heterocycles. The van der Waals surface area contributed by atoms with E-state index in [0.717, 1.165) is 5.88 Å². The van der Waals surface area contributed by atoms with Crippen molar-refractivity contribution in [2.75, 3.05) is 5.88 Å². The number of amides is 1. The van der Waals surface area contributed by atoms with Crippen molar-refractivity contribution in [2.45, 2.75) is 38.5 Å². The highest BCUT2D eigenvalue weighted by atomic mass is 32.2. The van der Waals surface area contributed by atoms with E-state index in [-0.39, 0.29) is 10.7 Å². The predicted octanol–water partition coefficient (Wildman–Crippen LogP) is 1.71. The van der Waals surface area contributed by atoms with Gasteiger partial charge < -0.3 is 4.90 Å². The average Bonchev–Trinajstić information content (AvgIpc) is 2.09. The van der Waals surface area contributed by atoms with Crippen molar-refractivity contribution < 1.29 is 4.79 Å². The van der Waals surface area contributed by atoms with Gasteiger partial charge in [-0.2, -0.15) is 0 Å². The van der Waals surface area contributed by atoms with Gasteiger partial charge in [0.2, 0.25) is 5.91 Å². The van der Waals surface area contributed by atoms with E-state index in [9.17, 15) is 4.79 Å². The molecule has 64 valence electrons. The number of hydrogen-bond acceptors (Lipinski definition) is 2. The van der Waals surface area contributed by atoms with Crippen LogP contribution in [0, 0.1) is 0 Å². The average molecular weight is 173 g/mol. The number of rotatable bonds is 0. The minimum Gasteiger partial charge on any atom is -0.330 e. The molecule has 1 aliphatic rings. The van der Waals surface area contributed by atoms with Gasteiger partial charge in [-0.05, 0) is 20.8 Å². The molecule has 0 aromatic carbocycles. The number of nitrogens with zero attached hydrogens (tertiary/aromatic N) is 1. The minimum atomic E-state index is 0.190. The molecule has 1 unspecified atom stereocenters. The van der Waals surface area contributed by atoms with Crippen molar-refractivity contribution in [3.8, 4) is 0 Å². The smallest absolute Gasteiger partial charge is 0.220 e. The predicted molar refractivity (Wildman–Crippen MR) is 48.5 cm³/mol. The highest BCUT2D eigenvalue weighted by molar-refractivity contribution is 8.00. The zero-order valence-corrected chi connectivity index (χ0v) is 8.36. The summed E-state index contributed by atoms with van der Waals surface area (Å²) in [6.07, 6.45) is 0. The van der Waals surface area contributed by atoms with Crippen LogP contribution in [0.2, 0.25) is 0 Å². The molecule has 1 atom stereocenters. The molecule has 2 nitrogen and oxygen atoms in total. The zero-order valence-electron chi connectivity index (χ0n) is 7.55. The van der Waals surface area contributed by atoms with Gasteiger partial charge in [-0.15, -0.1) is 11.8 Å². The van der Waals surface area contributed by atoms with Gasteiger partial charge in [-0.1, -0.05) is 0 Å². The van der Waals surface area contributed by atoms with Gasteiger partial charge in [-0.25, -0.2) is 0 Å². The molecule has 11 heavy (non-hydrogen) atoms. The van der Waals surface area contributed by atoms with Crippen LogP contribution in [-0.4, -0.2) is 27.5 Å². The van der Waals surface area contributed by atoms with Gasteiger partial charge in [-0.3, -0.25) is 4.79 Å². The Balaban J connectivity index is 2.71. The fourth-order valence-corrected chi connectivity index (χ4v) is 2.45. The van der Waals surface area contributed by atoms with E-state index >= 15 is 0 Å². The Labute approximate surface area is 72.3 Å². The molecule has 1 rings (SSSR count). The Bertz CT molecular complexity index is 179. The van der Waals surface area contributed by atoms with Crippen LogP contribution in [0.15, 0.2) is 0 Å². The summed E-state index contributed by atoms with van der Waals surface area (Å²) in [7, 11) is 0. The second-order valence-corrected chi connectivity index (χ2v) is 5.14. The Morgan fingerprint density at radius 2 is 2.18 bits per heavy atom. The van der Waals surface area contributed by atoms with Crippen LogP contribution < -0.4 is 0 Å². The van der Waals surface area contributed by atoms with Crippen molar-refractivity contribution in [1.29, 1.82) is 0 Å². The topological polar surface area (TPSA) is 20.3 Å². The summed E-state index contributed by atoms with van der Waals surface area (Å²) in [4.78, 5) is 13.0. The molecule has 0 radical (unpaired) electrons. The van der Waals surface area contributed by atoms with Crippen LogP contribution in [0.5, 0.6) is 0 Å². The lowest BCUT2D eigenvalue weighted by Gasteiger charge is -2.26. The molecule has 0 aromatic rings. The molecule has 1 amide bonds. The van der Waals surface area contributed by atoms with Crippen LogP contribution in [0.4, 0.5) is 0 Å². The van der Waals surface area contributed by atoms with E-state index in [1.807, 2.05) is 16.7 Å². The molecule has 0 saturated carbocycles. The van der Waals surface area contributed by atoms with Crippen molar-refractivity contribution in [1.82, 2.24) is 4.90 Å². The van der Waals surface area contributed by atoms with Gasteiger partial charge in [0.1, 0.15) is 0 Å². The summed E-state index contributed by atoms with van der Waals surface area (Å²) < 4.78 is 0.228. The zero-order chi connectivity index (χ0) is 8.65. The molecule has 3 heteroatoms. The van der Waals surface area contributed by atoms with Crippen molar-refractivity contribution in [3.05, 3.63) is 0 Å². The lowest BCUT2D eigenvalue weighted by Crippen LogP contribution is -2.39. The van der Waals surface area contributed by atoms with Gasteiger partial charge in [0.05, 0.1) is 5.88 Å². The Morgan fingerprint density at radius 1 is 1.64 bits per heavy atom. The first-order valence-corrected chi connectivity index (χ1v) is 4.85. The SMILES string of the molecule is CC(=O)N1CSC(C)(C)C1C. The Kier molecular flexibility index (Phi) is 2.19. The third kappa shape index (κ3) is 1.53. The Hall–Kier alpha value is -0.180. The molecule has 0 spiro atoms. The molecule has 1 heterocycles. The summed E-state index contributed by atoms with van der Waals surface area (Å²) >= 11 is 1.85. The standard InChI is InChI=1S/C8H15NOS/c1-6-8(3,4)11-5-9(6)7(2)10/h6H,5H2,1-4H3. The number of thioether (sulfide) groups is 1. The molecule has 0 bridgehead atoms. The maximum atomic E-state index is 11.1. The van der Waals surface area contributed by atoms with Crippen molar-refractivity contribution in [3.63, 3.8) is 0 Å². The summed E-state index contributed by atoms with van der Waals surface area (Å²) in [5.41, 5.74) is 0. The molecular formula is C8H15NOS. The first-order valence-electron chi connectivity index (χ1n) is 3.86. The first-order chi connectivity index (χ1) is 4.95. The monoisotopic (exact) mass is 173 g/mol. The number of carbonyl (C=O) groups excluding carboxylic acids is 1. The van der Waals surface area contributed by atoms with Gasteiger partial charge in [0, 0.05) is 17.7 Å². The van der Waals surface area contributed by atoms with Crippen LogP contribution in [-0.2, 0) is 4.79 Å². The first kappa shape index (κ1) is 8.91. The van der Waals surface area contributed by atoms with E-state index in [2.05, 4.69) is 20.8 Å². The number of carbonyl (C=O) groups is 1. The van der Waals surface area contributed by atoms with E-state index in [4.69, 9.17) is 0 Å². The summed E-state index contributed by atoms with van der Waals surface area (Å²) in [6.45, 7) is 8.12. The quantitative estimate of drug-likeness (QED) is 0.556. The van der Waals surface area contributed by atoms with Crippen molar-refractivity contribution >= 4 is 17.7 Å². The third-order valence-corrected chi connectivity index (χ3v) is 3.95. The maximum absolute atomic E-state index is 11.1. The van der Waals surface area contributed by atoms with E-state index < -0.39 is 0 Å². The van der Waals surface area contributed by atoms with Crippen LogP contribution in [0.25, 0.3) is 0 Å². The summed E-state index contributed by atoms with van der Waals surface area (Å²) in [5, 5.41) is 0. The minimum absolute atomic E-state index is 0.190. The molecule has 0 aliphatic carbocycles. The highest BCUT2D eigenvalue weighted by Crippen LogP contribution is 2.38. The van der Waals surface area contributed by atoms with Gasteiger partial charge in [0.25, 0.3) is 0 Å². The molecule has 0 N–H and O–H groups in total. The number of hydrogen-bond donors (Lipinski definition) is 0. The second-order valence-electron chi connectivity index (χ2n) is 3.54. The normalized spacial score (nSPS) is 29.1. The lowest BCUT2D eigenvalue weighted by molar-refractivity contribution is -0.129. The fraction of sp³-hybridized carbons (Fsp3) is 0.875. The molecule has 0 aromatic heterocycles. The van der Waals surface area contributed by atoms with E-state index in [1.165, 1.54) is 0 Å². The molecular weight excluding hydrogens is 158 g/mol. The third-order valence-electron chi connectivity index (χ3n) is 2.45.